The van der Waals surface area contributed by atoms with Crippen LogP contribution in [0.5, 0.6) is 0 Å². The second kappa shape index (κ2) is 46.0. The lowest BCUT2D eigenvalue weighted by Gasteiger charge is -2.16. The molecule has 0 radical (unpaired) electrons. The average molecular weight is 1560 g/mol. The van der Waals surface area contributed by atoms with Crippen LogP contribution in [0.15, 0.2) is 239 Å². The van der Waals surface area contributed by atoms with Crippen LogP contribution in [0, 0.1) is 181 Å². The van der Waals surface area contributed by atoms with E-state index in [9.17, 15) is 84.2 Å². The highest BCUT2D eigenvalue weighted by atomic mass is 35.5. The van der Waals surface area contributed by atoms with Crippen LogP contribution >= 0.6 is 23.2 Å². The van der Waals surface area contributed by atoms with Crippen molar-refractivity contribution >= 4 is 113 Å². The van der Waals surface area contributed by atoms with Crippen molar-refractivity contribution < 1.29 is 0 Å². The lowest BCUT2D eigenvalue weighted by molar-refractivity contribution is 1.13. The van der Waals surface area contributed by atoms with E-state index in [0.29, 0.717) is 79.0 Å². The highest BCUT2D eigenvalue weighted by Crippen LogP contribution is 2.42. The molecule has 0 bridgehead atoms. The molecule has 0 aliphatic heterocycles. The largest absolute Gasteiger partial charge is 0.399 e. The zero-order valence-electron chi connectivity index (χ0n) is 63.9. The first kappa shape index (κ1) is 90.9. The van der Waals surface area contributed by atoms with E-state index in [1.807, 2.05) is 222 Å². The Bertz CT molecular complexity index is 5090. The lowest BCUT2D eigenvalue weighted by Crippen LogP contribution is -2.08. The molecule has 0 aliphatic rings. The van der Waals surface area contributed by atoms with Crippen molar-refractivity contribution in [3.05, 3.63) is 283 Å². The van der Waals surface area contributed by atoms with E-state index in [2.05, 4.69) is 0 Å². The number of allylic oxidation sites excluding steroid dienone is 16. The molecule has 26 heteroatoms. The standard InChI is InChI=1S/4C22H16N6.C2H4Cl2/c4*1-28(2)20-9-5-16(6-10-20)22(18(13-25)14-26)21(17(11-23)12-24)15-3-7-19(27)8-4-15;3-1-2-4/h4*3-10H,27H2,1-2H3;1-2H2. The summed E-state index contributed by atoms with van der Waals surface area (Å²) >= 11 is 10.1. The fourth-order valence-electron chi connectivity index (χ4n) is 10.7. The summed E-state index contributed by atoms with van der Waals surface area (Å²) in [6.07, 6.45) is 0. The number of anilines is 8. The van der Waals surface area contributed by atoms with Crippen LogP contribution < -0.4 is 42.5 Å². The van der Waals surface area contributed by atoms with Gasteiger partial charge in [-0.2, -0.15) is 84.2 Å². The summed E-state index contributed by atoms with van der Waals surface area (Å²) in [6, 6.07) is 85.0. The van der Waals surface area contributed by atoms with Gasteiger partial charge in [0.25, 0.3) is 0 Å². The van der Waals surface area contributed by atoms with Crippen molar-refractivity contribution in [1.29, 1.82) is 84.2 Å². The van der Waals surface area contributed by atoms with Crippen LogP contribution in [-0.4, -0.2) is 68.1 Å². The molecule has 0 atom stereocenters. The molecular formula is C90H68Cl2N24. The van der Waals surface area contributed by atoms with Gasteiger partial charge in [-0.25, -0.2) is 0 Å². The Hall–Kier alpha value is -17.5. The topological polar surface area (TPSA) is 498 Å². The minimum Gasteiger partial charge on any atom is -0.399 e. The molecule has 24 nitrogen and oxygen atoms in total. The number of hydrogen-bond acceptors (Lipinski definition) is 24. The van der Waals surface area contributed by atoms with Gasteiger partial charge < -0.3 is 42.5 Å². The van der Waals surface area contributed by atoms with Crippen molar-refractivity contribution in [3.63, 3.8) is 0 Å². The normalized spacial score (nSPS) is 9.02. The Morgan fingerprint density at radius 2 is 0.293 bits per heavy atom. The maximum Gasteiger partial charge on any atom is 0.138 e. The number of nitrogens with two attached hydrogens (primary N) is 4. The molecule has 0 aromatic heterocycles. The molecule has 116 heavy (non-hydrogen) atoms. The average Bonchev–Trinajstić information content (AvgIpc) is 0.809. The van der Waals surface area contributed by atoms with Gasteiger partial charge >= 0.3 is 0 Å². The smallest absolute Gasteiger partial charge is 0.138 e. The number of nitriles is 16. The molecule has 0 fully saturated rings. The van der Waals surface area contributed by atoms with E-state index < -0.39 is 0 Å². The third-order valence-corrected chi connectivity index (χ3v) is 16.9. The van der Waals surface area contributed by atoms with E-state index in [4.69, 9.17) is 46.1 Å². The number of rotatable bonds is 17. The van der Waals surface area contributed by atoms with Crippen LogP contribution in [0.2, 0.25) is 0 Å². The summed E-state index contributed by atoms with van der Waals surface area (Å²) < 4.78 is 0. The first-order chi connectivity index (χ1) is 55.8. The van der Waals surface area contributed by atoms with Gasteiger partial charge in [0, 0.05) is 158 Å². The molecule has 8 rings (SSSR count). The lowest BCUT2D eigenvalue weighted by atomic mass is 9.86. The van der Waals surface area contributed by atoms with Crippen LogP contribution in [0.3, 0.4) is 0 Å². The Kier molecular flexibility index (Phi) is 36.0. The molecule has 0 aliphatic carbocycles. The maximum absolute atomic E-state index is 9.52. The molecular weight excluding hydrogens is 1490 g/mol. The minimum atomic E-state index is -0.195. The molecule has 0 amide bonds. The molecule has 8 N–H and O–H groups in total. The quantitative estimate of drug-likeness (QED) is 0.0285. The molecule has 0 saturated heterocycles. The SMILES string of the molecule is CN(C)c1ccc(C(=C(C#N)C#N)C(=C(C#N)C#N)c2ccc(N)cc2)cc1.CN(C)c1ccc(C(=C(C#N)C#N)C(=C(C#N)C#N)c2ccc(N)cc2)cc1.CN(C)c1ccc(C(=C(C#N)C#N)C(=C(C#N)C#N)c2ccc(N)cc2)cc1.CN(C)c1ccc(C(=C(C#N)C#N)C(=C(C#N)C#N)c2ccc(N)cc2)cc1.ClCCCl. The maximum atomic E-state index is 9.52. The monoisotopic (exact) mass is 1550 g/mol. The van der Waals surface area contributed by atoms with Gasteiger partial charge in [0.05, 0.1) is 0 Å². The van der Waals surface area contributed by atoms with E-state index in [0.717, 1.165) is 22.7 Å². The van der Waals surface area contributed by atoms with Crippen molar-refractivity contribution in [1.82, 2.24) is 0 Å². The molecule has 0 saturated carbocycles. The molecule has 0 heterocycles. The Balaban J connectivity index is 0.000000320. The van der Waals surface area contributed by atoms with E-state index in [1.54, 1.807) is 146 Å². The fraction of sp³-hybridized carbons (Fsp3) is 0.111. The van der Waals surface area contributed by atoms with Crippen LogP contribution in [0.25, 0.3) is 44.6 Å². The third-order valence-electron chi connectivity index (χ3n) is 16.3. The van der Waals surface area contributed by atoms with Gasteiger partial charge in [0.15, 0.2) is 0 Å². The van der Waals surface area contributed by atoms with E-state index >= 15 is 0 Å². The van der Waals surface area contributed by atoms with Crippen molar-refractivity contribution in [2.45, 2.75) is 0 Å². The molecule has 562 valence electrons. The third kappa shape index (κ3) is 24.0. The zero-order valence-corrected chi connectivity index (χ0v) is 65.4. The molecule has 0 unspecified atom stereocenters. The highest BCUT2D eigenvalue weighted by molar-refractivity contribution is 6.26. The predicted molar refractivity (Wildman–Crippen MR) is 453 cm³/mol. The van der Waals surface area contributed by atoms with Crippen LogP contribution in [0.4, 0.5) is 45.5 Å². The zero-order chi connectivity index (χ0) is 86.1. The second-order valence-corrected chi connectivity index (χ2v) is 25.2. The number of benzene rings is 8. The van der Waals surface area contributed by atoms with E-state index in [-0.39, 0.29) is 89.2 Å². The molecule has 8 aromatic carbocycles. The van der Waals surface area contributed by atoms with Gasteiger partial charge in [0.1, 0.15) is 142 Å². The van der Waals surface area contributed by atoms with Gasteiger partial charge in [0.2, 0.25) is 0 Å². The molecule has 0 spiro atoms. The number of alkyl halides is 2. The van der Waals surface area contributed by atoms with Gasteiger partial charge in [-0.1, -0.05) is 97.1 Å². The highest BCUT2D eigenvalue weighted by Gasteiger charge is 2.26. The first-order valence-electron chi connectivity index (χ1n) is 33.8. The Morgan fingerprint density at radius 3 is 0.371 bits per heavy atom. The summed E-state index contributed by atoms with van der Waals surface area (Å²) in [5.41, 5.74) is 33.3. The summed E-state index contributed by atoms with van der Waals surface area (Å²) in [5.74, 6) is 1.11. The number of nitrogen functional groups attached to an aromatic ring is 4. The van der Waals surface area contributed by atoms with Crippen LogP contribution in [-0.2, 0) is 0 Å². The first-order valence-corrected chi connectivity index (χ1v) is 34.9. The number of hydrogen-bond donors (Lipinski definition) is 4. The molecule has 8 aromatic rings. The fourth-order valence-corrected chi connectivity index (χ4v) is 10.7. The van der Waals surface area contributed by atoms with Crippen molar-refractivity contribution in [3.8, 4) is 97.1 Å². The minimum absolute atomic E-state index is 0.188. The number of halogens is 2. The second-order valence-electron chi connectivity index (χ2n) is 24.4. The Labute approximate surface area is 684 Å². The van der Waals surface area contributed by atoms with Gasteiger partial charge in [-0.05, 0) is 142 Å². The van der Waals surface area contributed by atoms with Crippen molar-refractivity contribution in [2.24, 2.45) is 0 Å². The van der Waals surface area contributed by atoms with Gasteiger partial charge in [-0.3, -0.25) is 0 Å². The summed E-state index contributed by atoms with van der Waals surface area (Å²) in [5, 5.41) is 152. The number of nitrogens with zero attached hydrogens (tertiary/aromatic N) is 20. The van der Waals surface area contributed by atoms with Crippen LogP contribution in [0.1, 0.15) is 44.5 Å². The predicted octanol–water partition coefficient (Wildman–Crippen LogP) is 16.0. The summed E-state index contributed by atoms with van der Waals surface area (Å²) in [7, 11) is 15.2. The van der Waals surface area contributed by atoms with E-state index in [1.165, 1.54) is 0 Å². The summed E-state index contributed by atoms with van der Waals surface area (Å²) in [4.78, 5) is 7.65. The Morgan fingerprint density at radius 1 is 0.198 bits per heavy atom. The van der Waals surface area contributed by atoms with Crippen molar-refractivity contribution in [2.75, 3.05) is 111 Å². The van der Waals surface area contributed by atoms with Gasteiger partial charge in [-0.15, -0.1) is 23.2 Å². The summed E-state index contributed by atoms with van der Waals surface area (Å²) in [6.45, 7) is 0.